The number of fused-ring (bicyclic) bond motifs is 1. The van der Waals surface area contributed by atoms with Crippen molar-refractivity contribution in [2.75, 3.05) is 5.32 Å². The molecule has 0 bridgehead atoms. The Kier molecular flexibility index (Phi) is 4.74. The number of anilines is 1. The van der Waals surface area contributed by atoms with Crippen molar-refractivity contribution in [1.82, 2.24) is 4.98 Å². The van der Waals surface area contributed by atoms with Crippen LogP contribution < -0.4 is 5.32 Å². The fraction of sp³-hybridized carbons (Fsp3) is 0.368. The van der Waals surface area contributed by atoms with Crippen LogP contribution in [0.1, 0.15) is 55.0 Å². The molecule has 0 fully saturated rings. The minimum atomic E-state index is -0.0805. The monoisotopic (exact) mass is 358 g/mol. The van der Waals surface area contributed by atoms with E-state index in [1.807, 2.05) is 11.4 Å². The fourth-order valence-corrected chi connectivity index (χ4v) is 4.35. The highest BCUT2D eigenvalue weighted by Gasteiger charge is 2.19. The summed E-state index contributed by atoms with van der Waals surface area (Å²) in [7, 11) is 0. The summed E-state index contributed by atoms with van der Waals surface area (Å²) in [5, 5.41) is 6.75. The average molecular weight is 359 g/mol. The molecule has 0 aliphatic carbocycles. The number of benzene rings is 1. The third-order valence-corrected chi connectivity index (χ3v) is 5.71. The maximum Gasteiger partial charge on any atom is 0.267 e. The molecule has 1 aromatic carbocycles. The zero-order valence-electron chi connectivity index (χ0n) is 14.5. The van der Waals surface area contributed by atoms with E-state index in [4.69, 9.17) is 0 Å². The van der Waals surface area contributed by atoms with Crippen molar-refractivity contribution >= 4 is 43.8 Å². The predicted octanol–water partition coefficient (Wildman–Crippen LogP) is 5.86. The van der Waals surface area contributed by atoms with Crippen LogP contribution in [0.5, 0.6) is 0 Å². The number of nitrogens with zero attached hydrogens (tertiary/aromatic N) is 1. The summed E-state index contributed by atoms with van der Waals surface area (Å²) in [6.07, 6.45) is 2.20. The van der Waals surface area contributed by atoms with Gasteiger partial charge in [-0.15, -0.1) is 22.7 Å². The molecule has 0 aliphatic heterocycles. The molecule has 5 heteroatoms. The Morgan fingerprint density at radius 2 is 2.04 bits per heavy atom. The van der Waals surface area contributed by atoms with Crippen molar-refractivity contribution in [3.05, 3.63) is 45.8 Å². The van der Waals surface area contributed by atoms with Crippen LogP contribution in [0.2, 0.25) is 0 Å². The molecule has 126 valence electrons. The summed E-state index contributed by atoms with van der Waals surface area (Å²) in [6, 6.07) is 8.43. The van der Waals surface area contributed by atoms with E-state index in [1.165, 1.54) is 28.2 Å². The van der Waals surface area contributed by atoms with Crippen LogP contribution >= 0.6 is 22.7 Å². The van der Waals surface area contributed by atoms with Crippen LogP contribution in [-0.2, 0) is 11.8 Å². The Bertz CT molecular complexity index is 871. The summed E-state index contributed by atoms with van der Waals surface area (Å²) in [6.45, 7) is 8.53. The molecule has 1 N–H and O–H groups in total. The lowest BCUT2D eigenvalue weighted by molar-refractivity contribution is 0.103. The molecule has 24 heavy (non-hydrogen) atoms. The average Bonchev–Trinajstić information content (AvgIpc) is 3.13. The molecule has 0 unspecified atom stereocenters. The normalized spacial score (nSPS) is 11.8. The number of rotatable bonds is 4. The minimum absolute atomic E-state index is 0.00717. The molecule has 3 rings (SSSR count). The summed E-state index contributed by atoms with van der Waals surface area (Å²) in [5.41, 5.74) is 2.32. The van der Waals surface area contributed by atoms with E-state index in [2.05, 4.69) is 56.2 Å². The zero-order valence-corrected chi connectivity index (χ0v) is 16.1. The van der Waals surface area contributed by atoms with Gasteiger partial charge in [-0.05, 0) is 29.5 Å². The number of carbonyl (C=O) groups is 1. The van der Waals surface area contributed by atoms with Crippen molar-refractivity contribution in [3.63, 3.8) is 0 Å². The molecule has 0 saturated heterocycles. The number of thiazole rings is 1. The van der Waals surface area contributed by atoms with Crippen LogP contribution in [0.4, 0.5) is 5.13 Å². The number of aromatic nitrogens is 1. The van der Waals surface area contributed by atoms with Gasteiger partial charge in [0.05, 0.1) is 10.6 Å². The summed E-state index contributed by atoms with van der Waals surface area (Å²) in [4.78, 5) is 17.8. The van der Waals surface area contributed by atoms with Gasteiger partial charge in [0, 0.05) is 15.5 Å². The molecule has 1 amide bonds. The molecule has 0 spiro atoms. The zero-order chi connectivity index (χ0) is 17.3. The van der Waals surface area contributed by atoms with Gasteiger partial charge in [-0.2, -0.15) is 0 Å². The topological polar surface area (TPSA) is 42.0 Å². The SMILES string of the molecule is CCCc1ccc2sc(C(=O)Nc3nc(C(C)(C)C)cs3)cc2c1. The van der Waals surface area contributed by atoms with Crippen LogP contribution in [0.3, 0.4) is 0 Å². The van der Waals surface area contributed by atoms with E-state index in [1.54, 1.807) is 0 Å². The molecule has 0 atom stereocenters. The van der Waals surface area contributed by atoms with Gasteiger partial charge in [0.2, 0.25) is 0 Å². The molecule has 3 aromatic rings. The highest BCUT2D eigenvalue weighted by molar-refractivity contribution is 7.21. The molecule has 2 aromatic heterocycles. The molecule has 0 radical (unpaired) electrons. The van der Waals surface area contributed by atoms with Crippen LogP contribution in [-0.4, -0.2) is 10.9 Å². The standard InChI is InChI=1S/C19H22N2OS2/c1-5-6-12-7-8-14-13(9-12)10-15(24-14)17(22)21-18-20-16(11-23-18)19(2,3)4/h7-11H,5-6H2,1-4H3,(H,20,21,22). The molecular weight excluding hydrogens is 336 g/mol. The number of aryl methyl sites for hydroxylation is 1. The molecule has 0 saturated carbocycles. The molecule has 3 nitrogen and oxygen atoms in total. The van der Waals surface area contributed by atoms with Gasteiger partial charge < -0.3 is 0 Å². The van der Waals surface area contributed by atoms with Crippen molar-refractivity contribution in [2.24, 2.45) is 0 Å². The smallest absolute Gasteiger partial charge is 0.267 e. The van der Waals surface area contributed by atoms with Crippen LogP contribution in [0, 0.1) is 0 Å². The second-order valence-corrected chi connectivity index (χ2v) is 8.92. The summed E-state index contributed by atoms with van der Waals surface area (Å²) in [5.74, 6) is -0.0805. The Morgan fingerprint density at radius 3 is 2.71 bits per heavy atom. The first-order valence-electron chi connectivity index (χ1n) is 8.16. The lowest BCUT2D eigenvalue weighted by Crippen LogP contribution is -2.13. The number of nitrogens with one attached hydrogen (secondary N) is 1. The summed E-state index contributed by atoms with van der Waals surface area (Å²) >= 11 is 3.01. The van der Waals surface area contributed by atoms with Crippen LogP contribution in [0.25, 0.3) is 10.1 Å². The fourth-order valence-electron chi connectivity index (χ4n) is 2.48. The lowest BCUT2D eigenvalue weighted by atomic mass is 9.93. The van der Waals surface area contributed by atoms with Crippen molar-refractivity contribution in [1.29, 1.82) is 0 Å². The summed E-state index contributed by atoms with van der Waals surface area (Å²) < 4.78 is 1.15. The number of hydrogen-bond acceptors (Lipinski definition) is 4. The molecular formula is C19H22N2OS2. The van der Waals surface area contributed by atoms with Gasteiger partial charge in [0.1, 0.15) is 0 Å². The first-order chi connectivity index (χ1) is 11.4. The third kappa shape index (κ3) is 3.68. The largest absolute Gasteiger partial charge is 0.297 e. The van der Waals surface area contributed by atoms with Gasteiger partial charge in [-0.1, -0.05) is 46.2 Å². The number of amides is 1. The van der Waals surface area contributed by atoms with Crippen molar-refractivity contribution in [3.8, 4) is 0 Å². The first kappa shape index (κ1) is 17.1. The van der Waals surface area contributed by atoms with Gasteiger partial charge >= 0.3 is 0 Å². The molecule has 0 aliphatic rings. The Morgan fingerprint density at radius 1 is 1.25 bits per heavy atom. The van der Waals surface area contributed by atoms with Gasteiger partial charge in [0.25, 0.3) is 5.91 Å². The third-order valence-electron chi connectivity index (χ3n) is 3.84. The van der Waals surface area contributed by atoms with E-state index in [0.717, 1.165) is 33.5 Å². The Hall–Kier alpha value is -1.72. The van der Waals surface area contributed by atoms with Crippen molar-refractivity contribution in [2.45, 2.75) is 46.0 Å². The Labute approximate surface area is 150 Å². The van der Waals surface area contributed by atoms with E-state index < -0.39 is 0 Å². The van der Waals surface area contributed by atoms with E-state index >= 15 is 0 Å². The van der Waals surface area contributed by atoms with E-state index in [9.17, 15) is 4.79 Å². The van der Waals surface area contributed by atoms with E-state index in [0.29, 0.717) is 5.13 Å². The second kappa shape index (κ2) is 6.65. The number of thiophene rings is 1. The van der Waals surface area contributed by atoms with Gasteiger partial charge in [-0.25, -0.2) is 4.98 Å². The van der Waals surface area contributed by atoms with Crippen molar-refractivity contribution < 1.29 is 4.79 Å². The van der Waals surface area contributed by atoms with Crippen LogP contribution in [0.15, 0.2) is 29.6 Å². The quantitative estimate of drug-likeness (QED) is 0.634. The minimum Gasteiger partial charge on any atom is -0.297 e. The number of carbonyl (C=O) groups excluding carboxylic acids is 1. The Balaban J connectivity index is 1.79. The van der Waals surface area contributed by atoms with Gasteiger partial charge in [-0.3, -0.25) is 10.1 Å². The maximum atomic E-state index is 12.5. The molecule has 2 heterocycles. The first-order valence-corrected chi connectivity index (χ1v) is 9.86. The lowest BCUT2D eigenvalue weighted by Gasteiger charge is -2.14. The highest BCUT2D eigenvalue weighted by atomic mass is 32.1. The van der Waals surface area contributed by atoms with Gasteiger partial charge in [0.15, 0.2) is 5.13 Å². The highest BCUT2D eigenvalue weighted by Crippen LogP contribution is 2.29. The predicted molar refractivity (Wildman–Crippen MR) is 105 cm³/mol. The number of hydrogen-bond donors (Lipinski definition) is 1. The van der Waals surface area contributed by atoms with E-state index in [-0.39, 0.29) is 11.3 Å². The maximum absolute atomic E-state index is 12.5. The second-order valence-electron chi connectivity index (χ2n) is 6.97.